The topological polar surface area (TPSA) is 84.5 Å². The number of ether oxygens (including phenoxy) is 1. The number of aryl methyl sites for hydroxylation is 4. The zero-order valence-electron chi connectivity index (χ0n) is 18.1. The number of hydrogen-bond acceptors (Lipinski definition) is 4. The van der Waals surface area contributed by atoms with Gasteiger partial charge < -0.3 is 10.1 Å². The molecule has 0 saturated carbocycles. The molecule has 2 rings (SSSR count). The van der Waals surface area contributed by atoms with Gasteiger partial charge in [-0.1, -0.05) is 12.1 Å². The summed E-state index contributed by atoms with van der Waals surface area (Å²) in [6, 6.07) is 7.57. The van der Waals surface area contributed by atoms with E-state index in [-0.39, 0.29) is 16.8 Å². The molecule has 2 aromatic carbocycles. The third kappa shape index (κ3) is 5.36. The Kier molecular flexibility index (Phi) is 7.08. The average molecular weight is 419 g/mol. The molecule has 2 atom stereocenters. The maximum absolute atomic E-state index is 12.7. The van der Waals surface area contributed by atoms with Gasteiger partial charge in [-0.2, -0.15) is 4.72 Å². The summed E-state index contributed by atoms with van der Waals surface area (Å²) in [5.41, 5.74) is 5.15. The van der Waals surface area contributed by atoms with Crippen molar-refractivity contribution in [3.63, 3.8) is 0 Å². The molecule has 0 unspecified atom stereocenters. The maximum atomic E-state index is 12.7. The zero-order valence-corrected chi connectivity index (χ0v) is 18.9. The lowest BCUT2D eigenvalue weighted by Gasteiger charge is -2.21. The smallest absolute Gasteiger partial charge is 0.241 e. The molecule has 158 valence electrons. The first-order chi connectivity index (χ1) is 13.5. The molecule has 29 heavy (non-hydrogen) atoms. The Morgan fingerprint density at radius 1 is 0.931 bits per heavy atom. The van der Waals surface area contributed by atoms with Crippen molar-refractivity contribution in [1.29, 1.82) is 0 Å². The fourth-order valence-electron chi connectivity index (χ4n) is 3.24. The van der Waals surface area contributed by atoms with Crippen LogP contribution in [0.2, 0.25) is 0 Å². The number of nitrogens with one attached hydrogen (secondary N) is 2. The molecule has 7 heteroatoms. The van der Waals surface area contributed by atoms with Gasteiger partial charge in [0.1, 0.15) is 5.75 Å². The molecular formula is C22H30N2O4S. The lowest BCUT2D eigenvalue weighted by molar-refractivity contribution is -0.123. The number of carbonyl (C=O) groups is 1. The summed E-state index contributed by atoms with van der Waals surface area (Å²) < 4.78 is 32.9. The molecule has 1 amide bonds. The third-order valence-electron chi connectivity index (χ3n) is 5.11. The summed E-state index contributed by atoms with van der Waals surface area (Å²) >= 11 is 0. The van der Waals surface area contributed by atoms with Gasteiger partial charge in [0.25, 0.3) is 0 Å². The summed E-state index contributed by atoms with van der Waals surface area (Å²) in [7, 11) is -2.31. The molecule has 2 aromatic rings. The first kappa shape index (κ1) is 22.9. The summed E-state index contributed by atoms with van der Waals surface area (Å²) in [4.78, 5) is 12.7. The number of rotatable bonds is 7. The van der Waals surface area contributed by atoms with Crippen LogP contribution in [0.25, 0.3) is 0 Å². The standard InChI is InChI=1S/C22H30N2O4S/c1-13-10-15(3)20(12-14(13)2)17(5)23-22(25)18(6)24-29(26,27)19-8-9-21(28-7)16(4)11-19/h8-12,17-18,24H,1-7H3,(H,23,25)/t17-,18-/m0/s1. The van der Waals surface area contributed by atoms with Crippen LogP contribution in [-0.4, -0.2) is 27.5 Å². The van der Waals surface area contributed by atoms with Gasteiger partial charge in [0.15, 0.2) is 0 Å². The van der Waals surface area contributed by atoms with E-state index in [1.165, 1.54) is 31.7 Å². The summed E-state index contributed by atoms with van der Waals surface area (Å²) in [5.74, 6) is 0.219. The molecule has 0 radical (unpaired) electrons. The molecule has 0 heterocycles. The van der Waals surface area contributed by atoms with Crippen molar-refractivity contribution in [1.82, 2.24) is 10.0 Å². The first-order valence-corrected chi connectivity index (χ1v) is 11.0. The normalized spacial score (nSPS) is 13.6. The van der Waals surface area contributed by atoms with Crippen molar-refractivity contribution in [3.05, 3.63) is 58.1 Å². The summed E-state index contributed by atoms with van der Waals surface area (Å²) in [5, 5.41) is 2.90. The Bertz CT molecular complexity index is 1020. The van der Waals surface area contributed by atoms with Gasteiger partial charge in [-0.05, 0) is 87.6 Å². The number of hydrogen-bond donors (Lipinski definition) is 2. The number of benzene rings is 2. The Labute approximate surface area is 173 Å². The van der Waals surface area contributed by atoms with Crippen molar-refractivity contribution >= 4 is 15.9 Å². The fraction of sp³-hybridized carbons (Fsp3) is 0.409. The molecule has 0 fully saturated rings. The van der Waals surface area contributed by atoms with Crippen LogP contribution in [-0.2, 0) is 14.8 Å². The van der Waals surface area contributed by atoms with E-state index >= 15 is 0 Å². The van der Waals surface area contributed by atoms with Crippen molar-refractivity contribution in [2.24, 2.45) is 0 Å². The van der Waals surface area contributed by atoms with E-state index in [0.717, 1.165) is 16.7 Å². The lowest BCUT2D eigenvalue weighted by Crippen LogP contribution is -2.45. The Morgan fingerprint density at radius 3 is 2.14 bits per heavy atom. The lowest BCUT2D eigenvalue weighted by atomic mass is 9.96. The van der Waals surface area contributed by atoms with Gasteiger partial charge in [0, 0.05) is 0 Å². The summed E-state index contributed by atoms with van der Waals surface area (Å²) in [6.07, 6.45) is 0. The molecule has 0 aromatic heterocycles. The molecule has 2 N–H and O–H groups in total. The summed E-state index contributed by atoms with van der Waals surface area (Å²) in [6.45, 7) is 11.3. The predicted molar refractivity (Wildman–Crippen MR) is 115 cm³/mol. The molecule has 0 bridgehead atoms. The van der Waals surface area contributed by atoms with E-state index in [2.05, 4.69) is 22.2 Å². The van der Waals surface area contributed by atoms with Crippen LogP contribution < -0.4 is 14.8 Å². The van der Waals surface area contributed by atoms with Crippen LogP contribution in [0, 0.1) is 27.7 Å². The van der Waals surface area contributed by atoms with E-state index in [9.17, 15) is 13.2 Å². The van der Waals surface area contributed by atoms with Crippen LogP contribution in [0.15, 0.2) is 35.2 Å². The Hall–Kier alpha value is -2.38. The van der Waals surface area contributed by atoms with E-state index in [4.69, 9.17) is 4.74 Å². The monoisotopic (exact) mass is 418 g/mol. The highest BCUT2D eigenvalue weighted by atomic mass is 32.2. The quantitative estimate of drug-likeness (QED) is 0.721. The minimum absolute atomic E-state index is 0.0912. The van der Waals surface area contributed by atoms with Gasteiger partial charge in [-0.15, -0.1) is 0 Å². The second-order valence-electron chi connectivity index (χ2n) is 7.50. The van der Waals surface area contributed by atoms with Crippen LogP contribution in [0.5, 0.6) is 5.75 Å². The van der Waals surface area contributed by atoms with E-state index < -0.39 is 16.1 Å². The van der Waals surface area contributed by atoms with Crippen LogP contribution in [0.4, 0.5) is 0 Å². The number of sulfonamides is 1. The maximum Gasteiger partial charge on any atom is 0.241 e. The van der Waals surface area contributed by atoms with Crippen molar-refractivity contribution < 1.29 is 17.9 Å². The average Bonchev–Trinajstić information content (AvgIpc) is 2.64. The minimum atomic E-state index is -3.84. The minimum Gasteiger partial charge on any atom is -0.496 e. The highest BCUT2D eigenvalue weighted by Crippen LogP contribution is 2.23. The van der Waals surface area contributed by atoms with Crippen LogP contribution in [0.1, 0.15) is 47.7 Å². The second-order valence-corrected chi connectivity index (χ2v) is 9.21. The Balaban J connectivity index is 2.12. The number of amides is 1. The molecule has 0 aliphatic carbocycles. The van der Waals surface area contributed by atoms with Gasteiger partial charge in [-0.25, -0.2) is 8.42 Å². The number of methoxy groups -OCH3 is 1. The van der Waals surface area contributed by atoms with Gasteiger partial charge in [0.2, 0.25) is 15.9 Å². The van der Waals surface area contributed by atoms with E-state index in [1.54, 1.807) is 13.0 Å². The third-order valence-corrected chi connectivity index (χ3v) is 6.65. The first-order valence-electron chi connectivity index (χ1n) is 9.51. The highest BCUT2D eigenvalue weighted by Gasteiger charge is 2.24. The zero-order chi connectivity index (χ0) is 21.9. The van der Waals surface area contributed by atoms with Crippen molar-refractivity contribution in [2.45, 2.75) is 58.5 Å². The largest absolute Gasteiger partial charge is 0.496 e. The molecule has 0 aliphatic heterocycles. The second kappa shape index (κ2) is 8.97. The van der Waals surface area contributed by atoms with Gasteiger partial charge in [-0.3, -0.25) is 4.79 Å². The van der Waals surface area contributed by atoms with Crippen LogP contribution >= 0.6 is 0 Å². The highest BCUT2D eigenvalue weighted by molar-refractivity contribution is 7.89. The molecule has 0 spiro atoms. The fourth-order valence-corrected chi connectivity index (χ4v) is 4.53. The molecule has 6 nitrogen and oxygen atoms in total. The number of carbonyl (C=O) groups excluding carboxylic acids is 1. The van der Waals surface area contributed by atoms with E-state index in [1.807, 2.05) is 27.7 Å². The van der Waals surface area contributed by atoms with Crippen molar-refractivity contribution in [3.8, 4) is 5.75 Å². The van der Waals surface area contributed by atoms with Crippen LogP contribution in [0.3, 0.4) is 0 Å². The van der Waals surface area contributed by atoms with E-state index in [0.29, 0.717) is 11.3 Å². The Morgan fingerprint density at radius 2 is 1.55 bits per heavy atom. The SMILES string of the molecule is COc1ccc(S(=O)(=O)N[C@@H](C)C(=O)N[C@@H](C)c2cc(C)c(C)cc2C)cc1C. The molecule has 0 saturated heterocycles. The molecule has 0 aliphatic rings. The molecular weight excluding hydrogens is 388 g/mol. The predicted octanol–water partition coefficient (Wildman–Crippen LogP) is 3.47. The van der Waals surface area contributed by atoms with Crippen molar-refractivity contribution in [2.75, 3.05) is 7.11 Å². The van der Waals surface area contributed by atoms with Gasteiger partial charge in [0.05, 0.1) is 24.1 Å². The van der Waals surface area contributed by atoms with Gasteiger partial charge >= 0.3 is 0 Å².